The van der Waals surface area contributed by atoms with Crippen LogP contribution in [-0.4, -0.2) is 66.8 Å². The van der Waals surface area contributed by atoms with E-state index in [1.165, 1.54) is 0 Å². The molecule has 2 aliphatic heterocycles. The molecule has 0 aliphatic carbocycles. The summed E-state index contributed by atoms with van der Waals surface area (Å²) in [4.78, 5) is 0. The van der Waals surface area contributed by atoms with Crippen molar-refractivity contribution in [2.45, 2.75) is 44.2 Å². The zero-order valence-electron chi connectivity index (χ0n) is 13.2. The molecular formula is C14H24B2O4W. The van der Waals surface area contributed by atoms with Crippen molar-refractivity contribution in [1.29, 1.82) is 0 Å². The van der Waals surface area contributed by atoms with Gasteiger partial charge in [0.05, 0.1) is 6.10 Å². The van der Waals surface area contributed by atoms with Crippen LogP contribution < -0.4 is 0 Å². The first-order valence-corrected chi connectivity index (χ1v) is 6.92. The Balaban J connectivity index is 0.000000364. The topological polar surface area (TPSA) is 36.9 Å². The molecule has 7 unspecified atom stereocenters. The van der Waals surface area contributed by atoms with E-state index >= 15 is 0 Å². The van der Waals surface area contributed by atoms with Crippen LogP contribution in [0.1, 0.15) is 13.8 Å². The number of methoxy groups -OCH3 is 2. The Morgan fingerprint density at radius 3 is 2.05 bits per heavy atom. The molecular weight excluding hydrogens is 438 g/mol. The van der Waals surface area contributed by atoms with Gasteiger partial charge in [-0.05, 0) is 24.1 Å². The van der Waals surface area contributed by atoms with Gasteiger partial charge in [0, 0.05) is 26.8 Å². The first-order chi connectivity index (χ1) is 9.40. The van der Waals surface area contributed by atoms with Gasteiger partial charge in [-0.3, -0.25) is 6.42 Å². The van der Waals surface area contributed by atoms with E-state index in [9.17, 15) is 0 Å². The molecule has 0 N–H and O–H groups in total. The molecule has 21 heavy (non-hydrogen) atoms. The summed E-state index contributed by atoms with van der Waals surface area (Å²) in [5.74, 6) is 0.590. The van der Waals surface area contributed by atoms with Gasteiger partial charge in [-0.1, -0.05) is 13.8 Å². The molecule has 0 aromatic rings. The van der Waals surface area contributed by atoms with Crippen molar-refractivity contribution in [3.05, 3.63) is 13.3 Å². The van der Waals surface area contributed by atoms with Crippen LogP contribution in [-0.2, 0) is 40.0 Å². The quantitative estimate of drug-likeness (QED) is 0.459. The van der Waals surface area contributed by atoms with E-state index in [2.05, 4.69) is 13.3 Å². The normalized spacial score (nSPS) is 42.0. The third-order valence-corrected chi connectivity index (χ3v) is 3.71. The zero-order chi connectivity index (χ0) is 15.3. The summed E-state index contributed by atoms with van der Waals surface area (Å²) in [5, 5.41) is 0. The average molecular weight is 462 g/mol. The molecule has 7 atom stereocenters. The summed E-state index contributed by atoms with van der Waals surface area (Å²) in [6.07, 6.45) is 2.11. The fourth-order valence-corrected chi connectivity index (χ4v) is 2.37. The minimum Gasteiger partial charge on any atom is -0.417 e. The largest absolute Gasteiger partial charge is 2.00 e. The molecule has 0 amide bonds. The minimum absolute atomic E-state index is 0. The van der Waals surface area contributed by atoms with Crippen LogP contribution in [0.3, 0.4) is 0 Å². The third kappa shape index (κ3) is 6.35. The van der Waals surface area contributed by atoms with Gasteiger partial charge in [0.25, 0.3) is 0 Å². The number of rotatable bonds is 3. The van der Waals surface area contributed by atoms with Crippen molar-refractivity contribution in [2.75, 3.05) is 20.8 Å². The fourth-order valence-electron chi connectivity index (χ4n) is 2.37. The Bertz CT molecular complexity index is 276. The van der Waals surface area contributed by atoms with Crippen LogP contribution in [0.4, 0.5) is 0 Å². The van der Waals surface area contributed by atoms with Crippen molar-refractivity contribution in [1.82, 2.24) is 0 Å². The second-order valence-corrected chi connectivity index (χ2v) is 5.34. The molecule has 0 aromatic carbocycles. The van der Waals surface area contributed by atoms with Crippen LogP contribution in [0.5, 0.6) is 0 Å². The summed E-state index contributed by atoms with van der Waals surface area (Å²) in [6.45, 7) is 8.42. The molecule has 0 spiro atoms. The smallest absolute Gasteiger partial charge is 0.417 e. The van der Waals surface area contributed by atoms with Crippen LogP contribution >= 0.6 is 0 Å². The Hall–Kier alpha value is 0.658. The van der Waals surface area contributed by atoms with Gasteiger partial charge in [-0.15, -0.1) is 0 Å². The van der Waals surface area contributed by atoms with Crippen LogP contribution in [0.15, 0.2) is 0 Å². The van der Waals surface area contributed by atoms with Gasteiger partial charge in [0.1, 0.15) is 15.7 Å². The van der Waals surface area contributed by atoms with E-state index < -0.39 is 0 Å². The van der Waals surface area contributed by atoms with E-state index in [-0.39, 0.29) is 57.3 Å². The summed E-state index contributed by atoms with van der Waals surface area (Å²) in [5.41, 5.74) is 0. The molecule has 4 nitrogen and oxygen atoms in total. The minimum atomic E-state index is -0.215. The van der Waals surface area contributed by atoms with Gasteiger partial charge in [0.15, 0.2) is 0 Å². The van der Waals surface area contributed by atoms with Gasteiger partial charge in [0.2, 0.25) is 0 Å². The summed E-state index contributed by atoms with van der Waals surface area (Å²) in [6, 6.07) is -0.354. The fraction of sp³-hybridized carbons (Fsp3) is 0.857. The Labute approximate surface area is 146 Å². The SMILES string of the molecule is [B]C1OC(COC)[CH-]C1C.[B]C1OC([CH2-])C(OC)C1C.[W+2]. The number of hydrogen-bond donors (Lipinski definition) is 0. The van der Waals surface area contributed by atoms with Gasteiger partial charge >= 0.3 is 21.1 Å². The standard InChI is InChI=1S/2C7H12BO2.W/c1-5-3-6(4-9-2)10-7(5)8;1-4-6(9-3)5(2)10-7(4)8;/h3,5-7H,4H2,1-2H3;4-7H,2H2,1,3H3;/q2*-1;+2. The molecule has 2 saturated heterocycles. The molecule has 4 radical (unpaired) electrons. The monoisotopic (exact) mass is 462 g/mol. The maximum atomic E-state index is 5.59. The Kier molecular flexibility index (Phi) is 10.8. The molecule has 0 bridgehead atoms. The van der Waals surface area contributed by atoms with Crippen molar-refractivity contribution in [3.63, 3.8) is 0 Å². The molecule has 116 valence electrons. The van der Waals surface area contributed by atoms with Gasteiger partial charge in [-0.25, -0.2) is 0 Å². The van der Waals surface area contributed by atoms with Crippen molar-refractivity contribution in [3.8, 4) is 0 Å². The second kappa shape index (κ2) is 10.4. The van der Waals surface area contributed by atoms with Crippen molar-refractivity contribution in [2.24, 2.45) is 11.8 Å². The first kappa shape index (κ1) is 21.7. The predicted molar refractivity (Wildman–Crippen MR) is 79.5 cm³/mol. The maximum Gasteiger partial charge on any atom is 2.00 e. The number of ether oxygens (including phenoxy) is 4. The molecule has 0 aromatic heterocycles. The predicted octanol–water partition coefficient (Wildman–Crippen LogP) is 0.729. The van der Waals surface area contributed by atoms with Gasteiger partial charge in [-0.2, -0.15) is 5.92 Å². The zero-order valence-corrected chi connectivity index (χ0v) is 16.2. The van der Waals surface area contributed by atoms with E-state index in [1.807, 2.05) is 13.8 Å². The summed E-state index contributed by atoms with van der Waals surface area (Å²) < 4.78 is 20.6. The first-order valence-electron chi connectivity index (χ1n) is 6.92. The van der Waals surface area contributed by atoms with Crippen LogP contribution in [0, 0.1) is 25.2 Å². The maximum absolute atomic E-state index is 5.59. The third-order valence-electron chi connectivity index (χ3n) is 3.71. The molecule has 2 aliphatic rings. The summed E-state index contributed by atoms with van der Waals surface area (Å²) >= 11 is 0. The number of hydrogen-bond acceptors (Lipinski definition) is 4. The van der Waals surface area contributed by atoms with Crippen LogP contribution in [0.25, 0.3) is 0 Å². The van der Waals surface area contributed by atoms with E-state index in [1.54, 1.807) is 14.2 Å². The average Bonchev–Trinajstić information content (AvgIpc) is 2.82. The van der Waals surface area contributed by atoms with E-state index in [0.717, 1.165) is 0 Å². The summed E-state index contributed by atoms with van der Waals surface area (Å²) in [7, 11) is 14.5. The van der Waals surface area contributed by atoms with E-state index in [4.69, 9.17) is 34.6 Å². The van der Waals surface area contributed by atoms with Crippen LogP contribution in [0.2, 0.25) is 0 Å². The van der Waals surface area contributed by atoms with E-state index in [0.29, 0.717) is 12.5 Å². The molecule has 2 rings (SSSR count). The molecule has 7 heteroatoms. The molecule has 2 heterocycles. The van der Waals surface area contributed by atoms with Crippen molar-refractivity contribution >= 4 is 15.7 Å². The molecule has 0 saturated carbocycles. The Morgan fingerprint density at radius 2 is 1.76 bits per heavy atom. The Morgan fingerprint density at radius 1 is 1.14 bits per heavy atom. The second-order valence-electron chi connectivity index (χ2n) is 5.34. The van der Waals surface area contributed by atoms with Crippen molar-refractivity contribution < 1.29 is 40.0 Å². The van der Waals surface area contributed by atoms with Gasteiger partial charge < -0.3 is 25.9 Å². The molecule has 2 fully saturated rings.